The molecule has 1 amide bonds. The molecule has 1 rings (SSSR count). The van der Waals surface area contributed by atoms with E-state index in [1.54, 1.807) is 20.8 Å². The summed E-state index contributed by atoms with van der Waals surface area (Å²) in [5, 5.41) is 18.5. The lowest BCUT2D eigenvalue weighted by Crippen LogP contribution is -2.24. The van der Waals surface area contributed by atoms with E-state index < -0.39 is 11.7 Å². The van der Waals surface area contributed by atoms with Crippen LogP contribution >= 0.6 is 22.6 Å². The minimum absolute atomic E-state index is 0.0143. The standard InChI is InChI=1S/C11H12IN3O3/c1-11(2,3)18-10(16)14-7-4-5-15(17)8(6-13)9(7)12/h4-5,17H,1-3H3. The lowest BCUT2D eigenvalue weighted by molar-refractivity contribution is 0.0597. The summed E-state index contributed by atoms with van der Waals surface area (Å²) in [5.74, 6) is 0. The molecule has 0 radical (unpaired) electrons. The number of hydrogen-bond donors (Lipinski definition) is 1. The van der Waals surface area contributed by atoms with Gasteiger partial charge in [-0.15, -0.1) is 0 Å². The molecule has 1 N–H and O–H groups in total. The second-order valence-corrected chi connectivity index (χ2v) is 5.49. The zero-order chi connectivity index (χ0) is 13.9. The molecule has 96 valence electrons. The molecule has 0 aliphatic rings. The molecule has 0 spiro atoms. The van der Waals surface area contributed by atoms with Crippen molar-refractivity contribution < 1.29 is 14.7 Å². The van der Waals surface area contributed by atoms with E-state index in [2.05, 4.69) is 4.99 Å². The number of nitrogens with zero attached hydrogens (tertiary/aromatic N) is 3. The van der Waals surface area contributed by atoms with Gasteiger partial charge in [-0.05, 0) is 49.4 Å². The number of ether oxygens (including phenoxy) is 1. The molecule has 0 aliphatic carbocycles. The van der Waals surface area contributed by atoms with Gasteiger partial charge >= 0.3 is 6.09 Å². The molecule has 0 aliphatic heterocycles. The summed E-state index contributed by atoms with van der Waals surface area (Å²) >= 11 is 1.83. The largest absolute Gasteiger partial charge is 0.442 e. The van der Waals surface area contributed by atoms with Crippen molar-refractivity contribution in [3.63, 3.8) is 0 Å². The smallest absolute Gasteiger partial charge is 0.434 e. The second-order valence-electron chi connectivity index (χ2n) is 4.41. The van der Waals surface area contributed by atoms with Crippen molar-refractivity contribution in [2.45, 2.75) is 26.4 Å². The zero-order valence-corrected chi connectivity index (χ0v) is 12.3. The molecule has 1 aromatic heterocycles. The summed E-state index contributed by atoms with van der Waals surface area (Å²) in [6.07, 6.45) is 0.504. The SMILES string of the molecule is CC(C)(C)OC(=O)N=c1ccn(O)c(C#N)c1I. The number of aromatic nitrogens is 1. The van der Waals surface area contributed by atoms with Crippen molar-refractivity contribution in [2.24, 2.45) is 4.99 Å². The molecule has 0 bridgehead atoms. The van der Waals surface area contributed by atoms with E-state index in [4.69, 9.17) is 10.00 Å². The number of carbonyl (C=O) groups is 1. The summed E-state index contributed by atoms with van der Waals surface area (Å²) < 4.78 is 6.10. The van der Waals surface area contributed by atoms with E-state index in [1.807, 2.05) is 28.7 Å². The molecular weight excluding hydrogens is 349 g/mol. The van der Waals surface area contributed by atoms with Crippen LogP contribution in [-0.4, -0.2) is 21.6 Å². The highest BCUT2D eigenvalue weighted by Gasteiger charge is 2.16. The average Bonchev–Trinajstić information content (AvgIpc) is 2.20. The number of nitriles is 1. The van der Waals surface area contributed by atoms with Crippen molar-refractivity contribution in [2.75, 3.05) is 0 Å². The zero-order valence-electron chi connectivity index (χ0n) is 10.1. The molecule has 1 aromatic rings. The molecule has 0 aromatic carbocycles. The van der Waals surface area contributed by atoms with Crippen LogP contribution < -0.4 is 5.36 Å². The van der Waals surface area contributed by atoms with Crippen LogP contribution in [0.1, 0.15) is 26.5 Å². The van der Waals surface area contributed by atoms with Crippen molar-refractivity contribution in [3.8, 4) is 6.07 Å². The summed E-state index contributed by atoms with van der Waals surface area (Å²) in [5.41, 5.74) is -0.615. The van der Waals surface area contributed by atoms with Crippen LogP contribution in [0.25, 0.3) is 0 Å². The van der Waals surface area contributed by atoms with Gasteiger partial charge in [0.05, 0.1) is 8.93 Å². The Morgan fingerprint density at radius 3 is 2.72 bits per heavy atom. The van der Waals surface area contributed by atoms with Crippen LogP contribution in [0.2, 0.25) is 0 Å². The number of hydrogen-bond acceptors (Lipinski definition) is 4. The first kappa shape index (κ1) is 14.5. The first-order chi connectivity index (χ1) is 8.24. The number of amides is 1. The molecule has 0 unspecified atom stereocenters. The van der Waals surface area contributed by atoms with Gasteiger partial charge in [-0.1, -0.05) is 0 Å². The Morgan fingerprint density at radius 2 is 2.22 bits per heavy atom. The first-order valence-corrected chi connectivity index (χ1v) is 6.10. The number of rotatable bonds is 0. The number of pyridine rings is 1. The van der Waals surface area contributed by atoms with Crippen LogP contribution in [0.5, 0.6) is 0 Å². The van der Waals surface area contributed by atoms with Gasteiger partial charge < -0.3 is 9.94 Å². The highest BCUT2D eigenvalue weighted by Crippen LogP contribution is 2.08. The van der Waals surface area contributed by atoms with E-state index in [-0.39, 0.29) is 11.1 Å². The maximum absolute atomic E-state index is 11.5. The van der Waals surface area contributed by atoms with Crippen LogP contribution in [-0.2, 0) is 4.74 Å². The van der Waals surface area contributed by atoms with Gasteiger partial charge in [0.1, 0.15) is 11.7 Å². The van der Waals surface area contributed by atoms with Gasteiger partial charge in [0.15, 0.2) is 5.69 Å². The fourth-order valence-corrected chi connectivity index (χ4v) is 1.75. The lowest BCUT2D eigenvalue weighted by Gasteiger charge is -2.17. The molecule has 1 heterocycles. The normalized spacial score (nSPS) is 12.1. The van der Waals surface area contributed by atoms with Gasteiger partial charge in [0, 0.05) is 6.20 Å². The predicted molar refractivity (Wildman–Crippen MR) is 70.8 cm³/mol. The molecule has 0 fully saturated rings. The molecule has 7 heteroatoms. The lowest BCUT2D eigenvalue weighted by atomic mass is 10.2. The third kappa shape index (κ3) is 3.73. The Labute approximate surface area is 118 Å². The predicted octanol–water partition coefficient (Wildman–Crippen LogP) is 2.04. The van der Waals surface area contributed by atoms with Crippen molar-refractivity contribution in [1.82, 2.24) is 4.73 Å². The van der Waals surface area contributed by atoms with Crippen molar-refractivity contribution in [3.05, 3.63) is 26.9 Å². The molecular formula is C11H12IN3O3. The summed E-state index contributed by atoms with van der Waals surface area (Å²) in [6.45, 7) is 5.20. The Balaban J connectivity index is 3.20. The Hall–Kier alpha value is -1.56. The van der Waals surface area contributed by atoms with E-state index in [0.29, 0.717) is 8.30 Å². The minimum Gasteiger partial charge on any atom is -0.442 e. The molecule has 18 heavy (non-hydrogen) atoms. The molecule has 0 saturated heterocycles. The molecule has 6 nitrogen and oxygen atoms in total. The third-order valence-corrected chi connectivity index (χ3v) is 2.81. The van der Waals surface area contributed by atoms with Crippen LogP contribution in [0.4, 0.5) is 4.79 Å². The summed E-state index contributed by atoms with van der Waals surface area (Å²) in [4.78, 5) is 15.3. The number of halogens is 1. The quantitative estimate of drug-likeness (QED) is 0.566. The van der Waals surface area contributed by atoms with E-state index in [9.17, 15) is 10.0 Å². The van der Waals surface area contributed by atoms with Crippen LogP contribution in [0.3, 0.4) is 0 Å². The van der Waals surface area contributed by atoms with Gasteiger partial charge in [-0.2, -0.15) is 15.0 Å². The number of carbonyl (C=O) groups excluding carboxylic acids is 1. The van der Waals surface area contributed by atoms with E-state index >= 15 is 0 Å². The van der Waals surface area contributed by atoms with Crippen molar-refractivity contribution in [1.29, 1.82) is 5.26 Å². The summed E-state index contributed by atoms with van der Waals surface area (Å²) in [6, 6.07) is 3.24. The van der Waals surface area contributed by atoms with Gasteiger partial charge in [-0.25, -0.2) is 4.79 Å². The van der Waals surface area contributed by atoms with Gasteiger partial charge in [0.25, 0.3) is 0 Å². The maximum Gasteiger partial charge on any atom is 0.434 e. The van der Waals surface area contributed by atoms with E-state index in [0.717, 1.165) is 0 Å². The Bertz CT molecular complexity index is 579. The first-order valence-electron chi connectivity index (χ1n) is 5.03. The van der Waals surface area contributed by atoms with Gasteiger partial charge in [0.2, 0.25) is 0 Å². The summed E-state index contributed by atoms with van der Waals surface area (Å²) in [7, 11) is 0. The topological polar surface area (TPSA) is 87.6 Å². The van der Waals surface area contributed by atoms with Crippen LogP contribution in [0, 0.1) is 14.9 Å². The fraction of sp³-hybridized carbons (Fsp3) is 0.364. The minimum atomic E-state index is -0.736. The van der Waals surface area contributed by atoms with Crippen molar-refractivity contribution >= 4 is 28.7 Å². The third-order valence-electron chi connectivity index (χ3n) is 1.75. The molecule has 0 saturated carbocycles. The van der Waals surface area contributed by atoms with Gasteiger partial charge in [-0.3, -0.25) is 0 Å². The highest BCUT2D eigenvalue weighted by atomic mass is 127. The second kappa shape index (κ2) is 5.39. The maximum atomic E-state index is 11.5. The highest BCUT2D eigenvalue weighted by molar-refractivity contribution is 14.1. The van der Waals surface area contributed by atoms with Crippen LogP contribution in [0.15, 0.2) is 17.3 Å². The Kier molecular flexibility index (Phi) is 4.34. The van der Waals surface area contributed by atoms with E-state index in [1.165, 1.54) is 12.3 Å². The fourth-order valence-electron chi connectivity index (χ4n) is 1.08. The molecule has 0 atom stereocenters. The average molecular weight is 361 g/mol. The monoisotopic (exact) mass is 361 g/mol. The Morgan fingerprint density at radius 1 is 1.61 bits per heavy atom.